The van der Waals surface area contributed by atoms with Gasteiger partial charge in [0.1, 0.15) is 22.7 Å². The SMILES string of the molecule is CC(C)(Oc1ccc([C@H]2CC2(Cl)Cl)cc1)C(=O)Nc1ccc(Cn2cncn2)cc1. The Morgan fingerprint density at radius 2 is 1.87 bits per heavy atom. The third kappa shape index (κ3) is 4.77. The van der Waals surface area contributed by atoms with E-state index in [-0.39, 0.29) is 11.8 Å². The summed E-state index contributed by atoms with van der Waals surface area (Å²) < 4.78 is 7.02. The van der Waals surface area contributed by atoms with E-state index in [0.29, 0.717) is 18.0 Å². The summed E-state index contributed by atoms with van der Waals surface area (Å²) in [4.78, 5) is 16.7. The van der Waals surface area contributed by atoms with Crippen LogP contribution in [0, 0.1) is 0 Å². The van der Waals surface area contributed by atoms with Crippen LogP contribution in [0.1, 0.15) is 37.3 Å². The largest absolute Gasteiger partial charge is 0.478 e. The zero-order valence-corrected chi connectivity index (χ0v) is 18.2. The number of hydrogen-bond donors (Lipinski definition) is 1. The number of carbonyl (C=O) groups is 1. The van der Waals surface area contributed by atoms with Gasteiger partial charge >= 0.3 is 0 Å². The number of halogens is 2. The molecule has 0 unspecified atom stereocenters. The lowest BCUT2D eigenvalue weighted by atomic mass is 10.1. The zero-order chi connectivity index (χ0) is 21.4. The van der Waals surface area contributed by atoms with Crippen molar-refractivity contribution in [3.05, 3.63) is 72.3 Å². The Labute approximate surface area is 185 Å². The minimum absolute atomic E-state index is 0.152. The van der Waals surface area contributed by atoms with E-state index in [1.54, 1.807) is 24.9 Å². The molecule has 8 heteroatoms. The highest BCUT2D eigenvalue weighted by Gasteiger charge is 2.52. The number of nitrogens with zero attached hydrogens (tertiary/aromatic N) is 3. The number of anilines is 1. The van der Waals surface area contributed by atoms with E-state index < -0.39 is 9.93 Å². The van der Waals surface area contributed by atoms with E-state index in [1.165, 1.54) is 6.33 Å². The van der Waals surface area contributed by atoms with Crippen molar-refractivity contribution < 1.29 is 9.53 Å². The Kier molecular flexibility index (Phi) is 5.47. The first kappa shape index (κ1) is 20.7. The predicted molar refractivity (Wildman–Crippen MR) is 117 cm³/mol. The van der Waals surface area contributed by atoms with Gasteiger partial charge in [-0.1, -0.05) is 24.3 Å². The molecule has 1 atom stereocenters. The summed E-state index contributed by atoms with van der Waals surface area (Å²) in [7, 11) is 0. The Morgan fingerprint density at radius 1 is 1.20 bits per heavy atom. The molecule has 0 aliphatic heterocycles. The first-order valence-corrected chi connectivity index (χ1v) is 10.4. The highest BCUT2D eigenvalue weighted by molar-refractivity contribution is 6.51. The van der Waals surface area contributed by atoms with Gasteiger partial charge in [0.25, 0.3) is 5.91 Å². The Balaban J connectivity index is 1.35. The molecule has 6 nitrogen and oxygen atoms in total. The molecule has 0 radical (unpaired) electrons. The predicted octanol–water partition coefficient (Wildman–Crippen LogP) is 4.78. The van der Waals surface area contributed by atoms with Gasteiger partial charge in [-0.05, 0) is 55.7 Å². The number of carbonyl (C=O) groups excluding carboxylic acids is 1. The van der Waals surface area contributed by atoms with Crippen LogP contribution in [0.25, 0.3) is 0 Å². The molecule has 1 aromatic heterocycles. The summed E-state index contributed by atoms with van der Waals surface area (Å²) in [5.74, 6) is 0.523. The second kappa shape index (κ2) is 7.93. The third-order valence-electron chi connectivity index (χ3n) is 5.05. The van der Waals surface area contributed by atoms with Crippen molar-refractivity contribution in [2.45, 2.75) is 42.7 Å². The van der Waals surface area contributed by atoms with Crippen molar-refractivity contribution >= 4 is 34.8 Å². The lowest BCUT2D eigenvalue weighted by Gasteiger charge is -2.25. The van der Waals surface area contributed by atoms with Gasteiger partial charge in [0.05, 0.1) is 6.54 Å². The lowest BCUT2D eigenvalue weighted by molar-refractivity contribution is -0.128. The Bertz CT molecular complexity index is 1020. The van der Waals surface area contributed by atoms with Crippen LogP contribution in [0.15, 0.2) is 61.2 Å². The Morgan fingerprint density at radius 3 is 2.43 bits per heavy atom. The van der Waals surface area contributed by atoms with Gasteiger partial charge in [0.2, 0.25) is 0 Å². The standard InChI is InChI=1S/C22H22Cl2N4O2/c1-21(2,30-18-9-5-16(6-10-18)19-11-22(19,23)24)20(29)27-17-7-3-15(4-8-17)12-28-14-25-13-26-28/h3-10,13-14,19H,11-12H2,1-2H3,(H,27,29)/t19-/m1/s1. The quantitative estimate of drug-likeness (QED) is 0.532. The fraction of sp³-hybridized carbons (Fsp3) is 0.318. The topological polar surface area (TPSA) is 69.0 Å². The van der Waals surface area contributed by atoms with E-state index in [4.69, 9.17) is 27.9 Å². The van der Waals surface area contributed by atoms with Crippen LogP contribution in [0.3, 0.4) is 0 Å². The van der Waals surface area contributed by atoms with Gasteiger partial charge in [-0.3, -0.25) is 4.79 Å². The van der Waals surface area contributed by atoms with Crippen LogP contribution in [-0.2, 0) is 11.3 Å². The number of benzene rings is 2. The molecule has 4 rings (SSSR count). The fourth-order valence-electron chi connectivity index (χ4n) is 3.16. The number of aromatic nitrogens is 3. The first-order valence-electron chi connectivity index (χ1n) is 9.62. The van der Waals surface area contributed by atoms with Crippen LogP contribution in [0.4, 0.5) is 5.69 Å². The van der Waals surface area contributed by atoms with E-state index in [9.17, 15) is 4.79 Å². The normalized spacial score (nSPS) is 17.4. The number of hydrogen-bond acceptors (Lipinski definition) is 4. The summed E-state index contributed by atoms with van der Waals surface area (Å²) in [6, 6.07) is 15.1. The molecule has 0 saturated heterocycles. The molecular weight excluding hydrogens is 423 g/mol. The van der Waals surface area contributed by atoms with Gasteiger partial charge < -0.3 is 10.1 Å². The van der Waals surface area contributed by atoms with Crippen molar-refractivity contribution in [3.8, 4) is 5.75 Å². The minimum atomic E-state index is -1.05. The molecule has 1 aliphatic carbocycles. The Hall–Kier alpha value is -2.57. The van der Waals surface area contributed by atoms with E-state index in [1.807, 2.05) is 48.5 Å². The average molecular weight is 445 g/mol. The van der Waals surface area contributed by atoms with Crippen molar-refractivity contribution in [1.82, 2.24) is 14.8 Å². The smallest absolute Gasteiger partial charge is 0.267 e. The molecule has 3 aromatic rings. The van der Waals surface area contributed by atoms with E-state index in [2.05, 4.69) is 15.4 Å². The maximum atomic E-state index is 12.8. The molecular formula is C22H22Cl2N4O2. The maximum absolute atomic E-state index is 12.8. The molecule has 0 bridgehead atoms. The summed E-state index contributed by atoms with van der Waals surface area (Å²) >= 11 is 12.3. The molecule has 1 amide bonds. The van der Waals surface area contributed by atoms with Crippen LogP contribution in [0.5, 0.6) is 5.75 Å². The second-order valence-corrected chi connectivity index (χ2v) is 9.49. The molecule has 0 spiro atoms. The summed E-state index contributed by atoms with van der Waals surface area (Å²) in [5.41, 5.74) is 1.77. The van der Waals surface area contributed by atoms with Gasteiger partial charge in [-0.15, -0.1) is 23.2 Å². The number of rotatable bonds is 7. The number of nitrogens with one attached hydrogen (secondary N) is 1. The zero-order valence-electron chi connectivity index (χ0n) is 16.7. The molecule has 2 aromatic carbocycles. The van der Waals surface area contributed by atoms with Crippen LogP contribution >= 0.6 is 23.2 Å². The summed E-state index contributed by atoms with van der Waals surface area (Å²) in [5, 5.41) is 6.99. The van der Waals surface area contributed by atoms with E-state index in [0.717, 1.165) is 17.5 Å². The molecule has 1 saturated carbocycles. The van der Waals surface area contributed by atoms with Crippen molar-refractivity contribution in [2.75, 3.05) is 5.32 Å². The van der Waals surface area contributed by atoms with Crippen LogP contribution < -0.4 is 10.1 Å². The number of ether oxygens (including phenoxy) is 1. The maximum Gasteiger partial charge on any atom is 0.267 e. The first-order chi connectivity index (χ1) is 14.2. The average Bonchev–Trinajstić information content (AvgIpc) is 3.08. The highest BCUT2D eigenvalue weighted by atomic mass is 35.5. The van der Waals surface area contributed by atoms with Crippen LogP contribution in [-0.4, -0.2) is 30.6 Å². The van der Waals surface area contributed by atoms with Crippen LogP contribution in [0.2, 0.25) is 0 Å². The fourth-order valence-corrected chi connectivity index (χ4v) is 3.72. The monoisotopic (exact) mass is 444 g/mol. The summed E-state index contributed by atoms with van der Waals surface area (Å²) in [6.07, 6.45) is 3.91. The van der Waals surface area contributed by atoms with Crippen molar-refractivity contribution in [1.29, 1.82) is 0 Å². The lowest BCUT2D eigenvalue weighted by Crippen LogP contribution is -2.42. The van der Waals surface area contributed by atoms with Gasteiger partial charge in [-0.2, -0.15) is 5.10 Å². The molecule has 1 aliphatic rings. The molecule has 1 fully saturated rings. The molecule has 156 valence electrons. The van der Waals surface area contributed by atoms with Crippen molar-refractivity contribution in [2.24, 2.45) is 0 Å². The van der Waals surface area contributed by atoms with Crippen molar-refractivity contribution in [3.63, 3.8) is 0 Å². The molecule has 1 N–H and O–H groups in total. The third-order valence-corrected chi connectivity index (χ3v) is 5.89. The highest BCUT2D eigenvalue weighted by Crippen LogP contribution is 2.59. The molecule has 1 heterocycles. The minimum Gasteiger partial charge on any atom is -0.478 e. The summed E-state index contributed by atoms with van der Waals surface area (Å²) in [6.45, 7) is 4.09. The van der Waals surface area contributed by atoms with Gasteiger partial charge in [-0.25, -0.2) is 9.67 Å². The van der Waals surface area contributed by atoms with E-state index >= 15 is 0 Å². The number of alkyl halides is 2. The second-order valence-electron chi connectivity index (χ2n) is 7.94. The van der Waals surface area contributed by atoms with Gasteiger partial charge in [0, 0.05) is 11.6 Å². The number of amides is 1. The molecule has 30 heavy (non-hydrogen) atoms. The van der Waals surface area contributed by atoms with Gasteiger partial charge in [0.15, 0.2) is 5.60 Å².